The number of thiazole rings is 1. The van der Waals surface area contributed by atoms with Gasteiger partial charge in [0.2, 0.25) is 5.91 Å². The van der Waals surface area contributed by atoms with E-state index in [2.05, 4.69) is 15.6 Å². The van der Waals surface area contributed by atoms with Crippen LogP contribution in [0, 0.1) is 6.92 Å². The topological polar surface area (TPSA) is 80.3 Å². The summed E-state index contributed by atoms with van der Waals surface area (Å²) in [7, 11) is 0. The van der Waals surface area contributed by atoms with Crippen molar-refractivity contribution in [2.45, 2.75) is 51.3 Å². The van der Waals surface area contributed by atoms with E-state index >= 15 is 0 Å². The number of ether oxygens (including phenoxy) is 1. The third-order valence-electron chi connectivity index (χ3n) is 5.80. The van der Waals surface area contributed by atoms with E-state index in [1.165, 1.54) is 16.9 Å². The molecule has 0 unspecified atom stereocenters. The molecule has 6 nitrogen and oxygen atoms in total. The smallest absolute Gasteiger partial charge is 0.271 e. The number of rotatable bonds is 8. The highest BCUT2D eigenvalue weighted by molar-refractivity contribution is 7.09. The summed E-state index contributed by atoms with van der Waals surface area (Å²) >= 11 is 1.40. The van der Waals surface area contributed by atoms with E-state index in [1.807, 2.05) is 61.5 Å². The van der Waals surface area contributed by atoms with Crippen LogP contribution in [0.3, 0.4) is 0 Å². The number of carbonyl (C=O) groups excluding carboxylic acids is 2. The van der Waals surface area contributed by atoms with Crippen molar-refractivity contribution in [1.29, 1.82) is 0 Å². The van der Waals surface area contributed by atoms with Gasteiger partial charge in [-0.15, -0.1) is 11.3 Å². The summed E-state index contributed by atoms with van der Waals surface area (Å²) in [6, 6.07) is 17.3. The number of nitrogens with one attached hydrogen (secondary N) is 2. The van der Waals surface area contributed by atoms with Crippen molar-refractivity contribution < 1.29 is 14.3 Å². The van der Waals surface area contributed by atoms with E-state index in [0.717, 1.165) is 42.0 Å². The van der Waals surface area contributed by atoms with E-state index in [4.69, 9.17) is 4.74 Å². The first-order valence-electron chi connectivity index (χ1n) is 11.6. The molecule has 1 fully saturated rings. The number of hydrogen-bond acceptors (Lipinski definition) is 5. The number of carbonyl (C=O) groups is 2. The molecule has 0 spiro atoms. The lowest BCUT2D eigenvalue weighted by Crippen LogP contribution is -2.53. The van der Waals surface area contributed by atoms with Crippen LogP contribution in [0.15, 0.2) is 66.1 Å². The summed E-state index contributed by atoms with van der Waals surface area (Å²) in [5.41, 5.74) is 2.52. The van der Waals surface area contributed by atoms with E-state index in [9.17, 15) is 9.59 Å². The summed E-state index contributed by atoms with van der Waals surface area (Å²) in [6.07, 6.45) is 7.04. The molecule has 0 radical (unpaired) electrons. The first-order valence-corrected chi connectivity index (χ1v) is 12.4. The number of aryl methyl sites for hydroxylation is 1. The maximum Gasteiger partial charge on any atom is 0.271 e. The molecule has 2 N–H and O–H groups in total. The second kappa shape index (κ2) is 11.6. The van der Waals surface area contributed by atoms with Crippen LogP contribution in [-0.4, -0.2) is 28.9 Å². The van der Waals surface area contributed by atoms with E-state index in [-0.39, 0.29) is 23.9 Å². The van der Waals surface area contributed by atoms with E-state index in [0.29, 0.717) is 12.3 Å². The quantitative estimate of drug-likeness (QED) is 0.454. The van der Waals surface area contributed by atoms with Crippen LogP contribution in [0.1, 0.15) is 52.3 Å². The summed E-state index contributed by atoms with van der Waals surface area (Å²) in [5, 5.41) is 8.64. The van der Waals surface area contributed by atoms with Gasteiger partial charge < -0.3 is 15.4 Å². The number of aromatic nitrogens is 1. The van der Waals surface area contributed by atoms with Gasteiger partial charge in [0.15, 0.2) is 0 Å². The van der Waals surface area contributed by atoms with Gasteiger partial charge in [-0.2, -0.15) is 0 Å². The molecular formula is C27H29N3O3S. The zero-order valence-electron chi connectivity index (χ0n) is 19.2. The standard InChI is InChI=1S/C27H29N3O3S/c1-19-11-14-21(15-12-19)33-17-26-29-24(18-34-26)27(32)30-23-10-6-5-9-22(23)28-25(31)16-13-20-7-3-2-4-8-20/h2-4,7-8,11-16,18,22-23H,5-6,9-10,17H2,1H3,(H,28,31)(H,30,32)/b16-13+/t22-,23-/m0/s1. The Hall–Kier alpha value is -3.45. The van der Waals surface area contributed by atoms with E-state index < -0.39 is 0 Å². The van der Waals surface area contributed by atoms with Crippen LogP contribution < -0.4 is 15.4 Å². The summed E-state index contributed by atoms with van der Waals surface area (Å²) in [5.74, 6) is 0.400. The Balaban J connectivity index is 1.30. The van der Waals surface area contributed by atoms with Crippen molar-refractivity contribution >= 4 is 29.2 Å². The number of nitrogens with zero attached hydrogens (tertiary/aromatic N) is 1. The van der Waals surface area contributed by atoms with Crippen LogP contribution in [0.5, 0.6) is 5.75 Å². The highest BCUT2D eigenvalue weighted by Gasteiger charge is 2.28. The summed E-state index contributed by atoms with van der Waals surface area (Å²) in [6.45, 7) is 2.34. The zero-order valence-corrected chi connectivity index (χ0v) is 20.0. The maximum absolute atomic E-state index is 12.8. The lowest BCUT2D eigenvalue weighted by molar-refractivity contribution is -0.117. The van der Waals surface area contributed by atoms with Crippen LogP contribution in [-0.2, 0) is 11.4 Å². The molecule has 1 aliphatic carbocycles. The van der Waals surface area contributed by atoms with Crippen molar-refractivity contribution in [3.63, 3.8) is 0 Å². The fraction of sp³-hybridized carbons (Fsp3) is 0.296. The highest BCUT2D eigenvalue weighted by Crippen LogP contribution is 2.20. The van der Waals surface area contributed by atoms with Gasteiger partial charge >= 0.3 is 0 Å². The Kier molecular flexibility index (Phi) is 8.09. The second-order valence-electron chi connectivity index (χ2n) is 8.45. The van der Waals surface area contributed by atoms with Gasteiger partial charge in [-0.05, 0) is 43.5 Å². The second-order valence-corrected chi connectivity index (χ2v) is 9.39. The molecule has 3 aromatic rings. The van der Waals surface area contributed by atoms with Crippen molar-refractivity contribution in [3.8, 4) is 5.75 Å². The molecule has 1 aromatic heterocycles. The lowest BCUT2D eigenvalue weighted by Gasteiger charge is -2.32. The molecule has 1 saturated carbocycles. The van der Waals surface area contributed by atoms with Crippen molar-refractivity contribution in [2.24, 2.45) is 0 Å². The monoisotopic (exact) mass is 475 g/mol. The van der Waals surface area contributed by atoms with Gasteiger partial charge in [-0.25, -0.2) is 4.98 Å². The molecule has 176 valence electrons. The summed E-state index contributed by atoms with van der Waals surface area (Å²) < 4.78 is 5.77. The SMILES string of the molecule is Cc1ccc(OCc2nc(C(=O)N[C@H]3CCCC[C@@H]3NC(=O)/C=C/c3ccccc3)cs2)cc1. The van der Waals surface area contributed by atoms with E-state index in [1.54, 1.807) is 17.5 Å². The lowest BCUT2D eigenvalue weighted by atomic mass is 9.90. The molecule has 1 aliphatic rings. The van der Waals surface area contributed by atoms with Crippen molar-refractivity contribution in [3.05, 3.63) is 87.9 Å². The Labute approximate surface area is 204 Å². The molecule has 2 atom stereocenters. The first-order chi connectivity index (χ1) is 16.6. The Morgan fingerprint density at radius 2 is 1.74 bits per heavy atom. The average Bonchev–Trinajstić information content (AvgIpc) is 3.34. The number of benzene rings is 2. The van der Waals surface area contributed by atoms with Crippen LogP contribution in [0.2, 0.25) is 0 Å². The third kappa shape index (κ3) is 6.78. The molecule has 1 heterocycles. The number of amides is 2. The largest absolute Gasteiger partial charge is 0.486 e. The Bertz CT molecular complexity index is 1130. The highest BCUT2D eigenvalue weighted by atomic mass is 32.1. The molecule has 0 saturated heterocycles. The van der Waals surface area contributed by atoms with Crippen molar-refractivity contribution in [2.75, 3.05) is 0 Å². The minimum absolute atomic E-state index is 0.103. The Morgan fingerprint density at radius 1 is 1.03 bits per heavy atom. The first kappa shape index (κ1) is 23.7. The van der Waals surface area contributed by atoms with Gasteiger partial charge in [-0.1, -0.05) is 60.9 Å². The number of hydrogen-bond donors (Lipinski definition) is 2. The van der Waals surface area contributed by atoms with Gasteiger partial charge in [0.25, 0.3) is 5.91 Å². The van der Waals surface area contributed by atoms with Gasteiger partial charge in [0.1, 0.15) is 23.1 Å². The molecule has 0 bridgehead atoms. The molecule has 0 aliphatic heterocycles. The minimum atomic E-state index is -0.219. The predicted molar refractivity (Wildman–Crippen MR) is 135 cm³/mol. The predicted octanol–water partition coefficient (Wildman–Crippen LogP) is 4.90. The molecule has 7 heteroatoms. The maximum atomic E-state index is 12.8. The summed E-state index contributed by atoms with van der Waals surface area (Å²) in [4.78, 5) is 29.7. The van der Waals surface area contributed by atoms with Crippen molar-refractivity contribution in [1.82, 2.24) is 15.6 Å². The zero-order chi connectivity index (χ0) is 23.8. The van der Waals surface area contributed by atoms with Gasteiger partial charge in [0, 0.05) is 23.5 Å². The fourth-order valence-corrected chi connectivity index (χ4v) is 4.63. The molecule has 2 amide bonds. The Morgan fingerprint density at radius 3 is 2.47 bits per heavy atom. The molecule has 34 heavy (non-hydrogen) atoms. The van der Waals surface area contributed by atoms with Crippen LogP contribution in [0.4, 0.5) is 0 Å². The molecule has 2 aromatic carbocycles. The minimum Gasteiger partial charge on any atom is -0.486 e. The van der Waals surface area contributed by atoms with Crippen LogP contribution in [0.25, 0.3) is 6.08 Å². The van der Waals surface area contributed by atoms with Gasteiger partial charge in [-0.3, -0.25) is 9.59 Å². The van der Waals surface area contributed by atoms with Gasteiger partial charge in [0.05, 0.1) is 0 Å². The normalized spacial score (nSPS) is 17.9. The fourth-order valence-electron chi connectivity index (χ4n) is 3.95. The van der Waals surface area contributed by atoms with Crippen LogP contribution >= 0.6 is 11.3 Å². The molecular weight excluding hydrogens is 446 g/mol. The average molecular weight is 476 g/mol. The third-order valence-corrected chi connectivity index (χ3v) is 6.63. The molecule has 4 rings (SSSR count).